The van der Waals surface area contributed by atoms with Crippen LogP contribution in [0.25, 0.3) is 11.0 Å². The first-order valence-corrected chi connectivity index (χ1v) is 6.89. The van der Waals surface area contributed by atoms with E-state index in [0.29, 0.717) is 36.4 Å². The van der Waals surface area contributed by atoms with Gasteiger partial charge in [-0.05, 0) is 25.1 Å². The van der Waals surface area contributed by atoms with Gasteiger partial charge in [0.2, 0.25) is 5.91 Å². The van der Waals surface area contributed by atoms with Crippen LogP contribution in [-0.2, 0) is 16.1 Å². The molecule has 22 heavy (non-hydrogen) atoms. The van der Waals surface area contributed by atoms with Gasteiger partial charge in [-0.1, -0.05) is 0 Å². The average molecular weight is 306 g/mol. The summed E-state index contributed by atoms with van der Waals surface area (Å²) >= 11 is 0. The Balaban J connectivity index is 2.23. The summed E-state index contributed by atoms with van der Waals surface area (Å²) in [5.74, 6) is -1.05. The van der Waals surface area contributed by atoms with E-state index in [1.807, 2.05) is 6.92 Å². The van der Waals surface area contributed by atoms with Crippen molar-refractivity contribution in [1.82, 2.24) is 14.9 Å². The smallest absolute Gasteiger partial charge is 0.326 e. The van der Waals surface area contributed by atoms with Gasteiger partial charge in [0.15, 0.2) is 0 Å². The Labute approximate surface area is 126 Å². The van der Waals surface area contributed by atoms with Gasteiger partial charge in [-0.25, -0.2) is 4.79 Å². The second-order valence-corrected chi connectivity index (χ2v) is 4.66. The first kappa shape index (κ1) is 15.8. The Morgan fingerprint density at radius 2 is 2.18 bits per heavy atom. The van der Waals surface area contributed by atoms with Crippen molar-refractivity contribution in [1.29, 1.82) is 0 Å². The summed E-state index contributed by atoms with van der Waals surface area (Å²) < 4.78 is 6.80. The molecular formula is C14H18N4O4. The van der Waals surface area contributed by atoms with Crippen molar-refractivity contribution < 1.29 is 14.3 Å². The van der Waals surface area contributed by atoms with E-state index in [2.05, 4.69) is 10.3 Å². The van der Waals surface area contributed by atoms with E-state index in [4.69, 9.17) is 10.5 Å². The van der Waals surface area contributed by atoms with Crippen LogP contribution in [0.5, 0.6) is 0 Å². The van der Waals surface area contributed by atoms with E-state index in [9.17, 15) is 14.4 Å². The zero-order valence-corrected chi connectivity index (χ0v) is 12.2. The number of hydrogen-bond acceptors (Lipinski definition) is 4. The van der Waals surface area contributed by atoms with E-state index in [0.717, 1.165) is 0 Å². The Morgan fingerprint density at radius 3 is 2.86 bits per heavy atom. The molecule has 0 aliphatic rings. The molecule has 1 aromatic heterocycles. The number of carbonyl (C=O) groups excluding carboxylic acids is 2. The molecule has 118 valence electrons. The minimum absolute atomic E-state index is 0.233. The molecule has 4 N–H and O–H groups in total. The van der Waals surface area contributed by atoms with Crippen molar-refractivity contribution in [2.75, 3.05) is 19.8 Å². The summed E-state index contributed by atoms with van der Waals surface area (Å²) in [6, 6.07) is 4.83. The number of H-pyrrole nitrogens is 1. The van der Waals surface area contributed by atoms with Crippen LogP contribution in [0.2, 0.25) is 0 Å². The van der Waals surface area contributed by atoms with Gasteiger partial charge >= 0.3 is 5.69 Å². The van der Waals surface area contributed by atoms with Crippen molar-refractivity contribution in [3.05, 3.63) is 34.2 Å². The zero-order chi connectivity index (χ0) is 16.1. The van der Waals surface area contributed by atoms with Gasteiger partial charge in [-0.3, -0.25) is 14.2 Å². The van der Waals surface area contributed by atoms with E-state index >= 15 is 0 Å². The molecule has 0 unspecified atom stereocenters. The molecule has 1 aromatic carbocycles. The second kappa shape index (κ2) is 6.90. The number of imidazole rings is 1. The van der Waals surface area contributed by atoms with Crippen molar-refractivity contribution in [2.45, 2.75) is 13.5 Å². The molecule has 0 saturated carbocycles. The summed E-state index contributed by atoms with van der Waals surface area (Å²) in [6.07, 6.45) is 0. The Hall–Kier alpha value is -2.61. The molecule has 0 spiro atoms. The topological polar surface area (TPSA) is 119 Å². The third kappa shape index (κ3) is 3.53. The Bertz CT molecular complexity index is 747. The summed E-state index contributed by atoms with van der Waals surface area (Å²) in [7, 11) is 0. The molecule has 2 rings (SSSR count). The number of aromatic amines is 1. The summed E-state index contributed by atoms with van der Waals surface area (Å²) in [5.41, 5.74) is 6.29. The van der Waals surface area contributed by atoms with E-state index in [-0.39, 0.29) is 12.2 Å². The fraction of sp³-hybridized carbons (Fsp3) is 0.357. The van der Waals surface area contributed by atoms with Crippen LogP contribution in [0.1, 0.15) is 17.3 Å². The molecule has 0 bridgehead atoms. The van der Waals surface area contributed by atoms with Gasteiger partial charge in [-0.15, -0.1) is 0 Å². The van der Waals surface area contributed by atoms with Crippen LogP contribution in [0, 0.1) is 0 Å². The van der Waals surface area contributed by atoms with Crippen LogP contribution < -0.4 is 16.7 Å². The summed E-state index contributed by atoms with van der Waals surface area (Å²) in [6.45, 7) is 3.10. The predicted molar refractivity (Wildman–Crippen MR) is 80.6 cm³/mol. The molecule has 8 nitrogen and oxygen atoms in total. The van der Waals surface area contributed by atoms with Crippen LogP contribution in [0.15, 0.2) is 23.0 Å². The maximum absolute atomic E-state index is 11.9. The summed E-state index contributed by atoms with van der Waals surface area (Å²) in [4.78, 5) is 37.1. The molecule has 2 aromatic rings. The average Bonchev–Trinajstić information content (AvgIpc) is 2.80. The van der Waals surface area contributed by atoms with E-state index in [1.54, 1.807) is 22.8 Å². The Kier molecular flexibility index (Phi) is 4.95. The van der Waals surface area contributed by atoms with Crippen molar-refractivity contribution in [3.63, 3.8) is 0 Å². The lowest BCUT2D eigenvalue weighted by Crippen LogP contribution is -2.33. The van der Waals surface area contributed by atoms with Gasteiger partial charge in [0.25, 0.3) is 5.91 Å². The van der Waals surface area contributed by atoms with E-state index in [1.165, 1.54) is 0 Å². The fourth-order valence-electron chi connectivity index (χ4n) is 2.10. The molecule has 0 fully saturated rings. The quantitative estimate of drug-likeness (QED) is 0.602. The number of primary amides is 1. The molecule has 2 amide bonds. The normalized spacial score (nSPS) is 10.8. The first-order chi connectivity index (χ1) is 10.5. The molecule has 0 atom stereocenters. The fourth-order valence-corrected chi connectivity index (χ4v) is 2.10. The van der Waals surface area contributed by atoms with Gasteiger partial charge in [0.1, 0.15) is 0 Å². The number of rotatable bonds is 7. The third-order valence-electron chi connectivity index (χ3n) is 3.12. The lowest BCUT2D eigenvalue weighted by Gasteiger charge is -2.05. The van der Waals surface area contributed by atoms with Crippen molar-refractivity contribution in [3.8, 4) is 0 Å². The molecule has 0 radical (unpaired) electrons. The van der Waals surface area contributed by atoms with Crippen LogP contribution in [0.4, 0.5) is 0 Å². The molecule has 0 aliphatic heterocycles. The van der Waals surface area contributed by atoms with Crippen molar-refractivity contribution in [2.24, 2.45) is 5.73 Å². The highest BCUT2D eigenvalue weighted by Gasteiger charge is 2.11. The maximum Gasteiger partial charge on any atom is 0.326 e. The number of carbonyl (C=O) groups is 2. The first-order valence-electron chi connectivity index (χ1n) is 6.89. The number of fused-ring (bicyclic) bond motifs is 1. The number of nitrogens with zero attached hydrogens (tertiary/aromatic N) is 1. The SMILES string of the molecule is CCOCCn1c(=O)[nH]c2cc(C(=O)NCC(N)=O)ccc21. The highest BCUT2D eigenvalue weighted by atomic mass is 16.5. The van der Waals surface area contributed by atoms with Crippen molar-refractivity contribution >= 4 is 22.8 Å². The number of nitrogens with two attached hydrogens (primary N) is 1. The molecule has 0 saturated heterocycles. The minimum atomic E-state index is -0.620. The standard InChI is InChI=1S/C14H18N4O4/c1-2-22-6-5-18-11-4-3-9(7-10(11)17-14(18)21)13(20)16-8-12(15)19/h3-4,7H,2,5-6,8H2,1H3,(H2,15,19)(H,16,20)(H,17,21). The minimum Gasteiger partial charge on any atom is -0.380 e. The number of ether oxygens (including phenoxy) is 1. The number of hydrogen-bond donors (Lipinski definition) is 3. The molecular weight excluding hydrogens is 288 g/mol. The van der Waals surface area contributed by atoms with E-state index < -0.39 is 11.8 Å². The predicted octanol–water partition coefficient (Wildman–Crippen LogP) is -0.419. The molecule has 1 heterocycles. The van der Waals surface area contributed by atoms with Gasteiger partial charge in [0, 0.05) is 12.2 Å². The van der Waals surface area contributed by atoms with Crippen LogP contribution in [-0.4, -0.2) is 41.1 Å². The largest absolute Gasteiger partial charge is 0.380 e. The molecule has 0 aliphatic carbocycles. The van der Waals surface area contributed by atoms with Crippen LogP contribution >= 0.6 is 0 Å². The van der Waals surface area contributed by atoms with Gasteiger partial charge in [-0.2, -0.15) is 0 Å². The zero-order valence-electron chi connectivity index (χ0n) is 12.2. The molecule has 8 heteroatoms. The van der Waals surface area contributed by atoms with Crippen LogP contribution in [0.3, 0.4) is 0 Å². The maximum atomic E-state index is 11.9. The number of aromatic nitrogens is 2. The number of amides is 2. The number of benzene rings is 1. The van der Waals surface area contributed by atoms with Gasteiger partial charge < -0.3 is 20.8 Å². The second-order valence-electron chi connectivity index (χ2n) is 4.66. The highest BCUT2D eigenvalue weighted by molar-refractivity contribution is 5.98. The monoisotopic (exact) mass is 306 g/mol. The lowest BCUT2D eigenvalue weighted by atomic mass is 10.2. The van der Waals surface area contributed by atoms with Gasteiger partial charge in [0.05, 0.1) is 30.7 Å². The Morgan fingerprint density at radius 1 is 1.41 bits per heavy atom. The number of nitrogens with one attached hydrogen (secondary N) is 2. The third-order valence-corrected chi connectivity index (χ3v) is 3.12. The summed E-state index contributed by atoms with van der Waals surface area (Å²) in [5, 5.41) is 2.39. The highest BCUT2D eigenvalue weighted by Crippen LogP contribution is 2.13. The lowest BCUT2D eigenvalue weighted by molar-refractivity contribution is -0.117.